The molecule has 0 atom stereocenters. The first kappa shape index (κ1) is 22.9. The van der Waals surface area contributed by atoms with E-state index in [4.69, 9.17) is 4.74 Å². The van der Waals surface area contributed by atoms with E-state index in [0.29, 0.717) is 43.1 Å². The molecule has 0 unspecified atom stereocenters. The number of para-hydroxylation sites is 2. The SMILES string of the molecule is O=C(Nc1ccccc1Oc1cccc(F)c1)C1CCN(S(=O)(=O)Cc2ccccc2)CC1. The van der Waals surface area contributed by atoms with Gasteiger partial charge in [-0.25, -0.2) is 17.1 Å². The maximum atomic E-state index is 13.5. The molecule has 1 N–H and O–H groups in total. The van der Waals surface area contributed by atoms with Crippen LogP contribution in [-0.2, 0) is 20.6 Å². The molecule has 33 heavy (non-hydrogen) atoms. The third-order valence-electron chi connectivity index (χ3n) is 5.58. The summed E-state index contributed by atoms with van der Waals surface area (Å²) in [6.07, 6.45) is 0.875. The fourth-order valence-corrected chi connectivity index (χ4v) is 5.39. The third-order valence-corrected chi connectivity index (χ3v) is 7.43. The molecule has 1 fully saturated rings. The molecule has 6 nitrogen and oxygen atoms in total. The molecule has 3 aromatic carbocycles. The zero-order chi connectivity index (χ0) is 23.3. The minimum Gasteiger partial charge on any atom is -0.455 e. The van der Waals surface area contributed by atoms with Crippen LogP contribution in [-0.4, -0.2) is 31.7 Å². The Morgan fingerprint density at radius 2 is 1.67 bits per heavy atom. The fraction of sp³-hybridized carbons (Fsp3) is 0.240. The number of benzene rings is 3. The highest BCUT2D eigenvalue weighted by molar-refractivity contribution is 7.88. The van der Waals surface area contributed by atoms with E-state index in [1.807, 2.05) is 18.2 Å². The molecule has 0 aromatic heterocycles. The van der Waals surface area contributed by atoms with E-state index in [-0.39, 0.29) is 17.6 Å². The van der Waals surface area contributed by atoms with Gasteiger partial charge in [0.05, 0.1) is 11.4 Å². The van der Waals surface area contributed by atoms with Crippen LogP contribution in [0, 0.1) is 11.7 Å². The van der Waals surface area contributed by atoms with Crippen molar-refractivity contribution >= 4 is 21.6 Å². The third kappa shape index (κ3) is 5.97. The van der Waals surface area contributed by atoms with Gasteiger partial charge in [0.25, 0.3) is 0 Å². The number of nitrogens with one attached hydrogen (secondary N) is 1. The van der Waals surface area contributed by atoms with Crippen molar-refractivity contribution in [1.82, 2.24) is 4.31 Å². The van der Waals surface area contributed by atoms with Crippen molar-refractivity contribution in [2.45, 2.75) is 18.6 Å². The Morgan fingerprint density at radius 3 is 2.39 bits per heavy atom. The Labute approximate surface area is 193 Å². The van der Waals surface area contributed by atoms with Gasteiger partial charge in [-0.1, -0.05) is 48.5 Å². The van der Waals surface area contributed by atoms with E-state index in [9.17, 15) is 17.6 Å². The van der Waals surface area contributed by atoms with E-state index in [2.05, 4.69) is 5.32 Å². The highest BCUT2D eigenvalue weighted by Crippen LogP contribution is 2.31. The van der Waals surface area contributed by atoms with Crippen molar-refractivity contribution < 1.29 is 22.3 Å². The van der Waals surface area contributed by atoms with Crippen LogP contribution >= 0.6 is 0 Å². The molecule has 1 aliphatic heterocycles. The molecule has 1 saturated heterocycles. The maximum Gasteiger partial charge on any atom is 0.227 e. The first-order chi connectivity index (χ1) is 15.9. The van der Waals surface area contributed by atoms with Crippen molar-refractivity contribution in [3.63, 3.8) is 0 Å². The second kappa shape index (κ2) is 10.1. The molecule has 172 valence electrons. The van der Waals surface area contributed by atoms with E-state index >= 15 is 0 Å². The monoisotopic (exact) mass is 468 g/mol. The van der Waals surface area contributed by atoms with Gasteiger partial charge >= 0.3 is 0 Å². The average Bonchev–Trinajstić information content (AvgIpc) is 2.81. The van der Waals surface area contributed by atoms with Crippen molar-refractivity contribution in [3.8, 4) is 11.5 Å². The van der Waals surface area contributed by atoms with Crippen molar-refractivity contribution in [1.29, 1.82) is 0 Å². The minimum absolute atomic E-state index is 0.0461. The van der Waals surface area contributed by atoms with Crippen LogP contribution in [0.25, 0.3) is 0 Å². The molecule has 0 spiro atoms. The van der Waals surface area contributed by atoms with Gasteiger partial charge in [0.1, 0.15) is 11.6 Å². The number of amides is 1. The number of nitrogens with zero attached hydrogens (tertiary/aromatic N) is 1. The largest absolute Gasteiger partial charge is 0.455 e. The summed E-state index contributed by atoms with van der Waals surface area (Å²) in [5, 5.41) is 2.88. The number of anilines is 1. The molecule has 8 heteroatoms. The summed E-state index contributed by atoms with van der Waals surface area (Å²) in [7, 11) is -3.44. The smallest absolute Gasteiger partial charge is 0.227 e. The van der Waals surface area contributed by atoms with Crippen LogP contribution in [0.1, 0.15) is 18.4 Å². The minimum atomic E-state index is -3.44. The Bertz CT molecular complexity index is 1210. The average molecular weight is 469 g/mol. The lowest BCUT2D eigenvalue weighted by Crippen LogP contribution is -2.41. The topological polar surface area (TPSA) is 75.7 Å². The number of hydrogen-bond donors (Lipinski definition) is 1. The number of carbonyl (C=O) groups is 1. The highest BCUT2D eigenvalue weighted by atomic mass is 32.2. The van der Waals surface area contributed by atoms with Gasteiger partial charge in [0, 0.05) is 25.1 Å². The Kier molecular flexibility index (Phi) is 7.05. The number of hydrogen-bond acceptors (Lipinski definition) is 4. The van der Waals surface area contributed by atoms with Crippen LogP contribution in [0.3, 0.4) is 0 Å². The molecular formula is C25H25FN2O4S. The molecule has 0 saturated carbocycles. The van der Waals surface area contributed by atoms with Gasteiger partial charge in [-0.05, 0) is 42.7 Å². The first-order valence-electron chi connectivity index (χ1n) is 10.8. The predicted molar refractivity (Wildman–Crippen MR) is 125 cm³/mol. The zero-order valence-corrected chi connectivity index (χ0v) is 18.8. The second-order valence-electron chi connectivity index (χ2n) is 7.96. The molecule has 3 aromatic rings. The van der Waals surface area contributed by atoms with E-state index < -0.39 is 15.8 Å². The number of carbonyl (C=O) groups excluding carboxylic acids is 1. The lowest BCUT2D eigenvalue weighted by molar-refractivity contribution is -0.120. The summed E-state index contributed by atoms with van der Waals surface area (Å²) < 4.78 is 46.2. The number of sulfonamides is 1. The summed E-state index contributed by atoms with van der Waals surface area (Å²) in [5.74, 6) is -0.230. The van der Waals surface area contributed by atoms with Gasteiger partial charge in [-0.3, -0.25) is 4.79 Å². The Morgan fingerprint density at radius 1 is 0.970 bits per heavy atom. The van der Waals surface area contributed by atoms with Crippen LogP contribution in [0.2, 0.25) is 0 Å². The van der Waals surface area contributed by atoms with E-state index in [0.717, 1.165) is 5.56 Å². The lowest BCUT2D eigenvalue weighted by Gasteiger charge is -2.30. The maximum absolute atomic E-state index is 13.5. The number of piperidine rings is 1. The first-order valence-corrected chi connectivity index (χ1v) is 12.4. The summed E-state index contributed by atoms with van der Waals surface area (Å²) in [6.45, 7) is 0.601. The van der Waals surface area contributed by atoms with E-state index in [1.54, 1.807) is 48.5 Å². The Hall–Kier alpha value is -3.23. The molecule has 1 amide bonds. The van der Waals surface area contributed by atoms with Crippen molar-refractivity contribution in [2.24, 2.45) is 5.92 Å². The number of rotatable bonds is 7. The molecular weight excluding hydrogens is 443 g/mol. The molecule has 0 aliphatic carbocycles. The highest BCUT2D eigenvalue weighted by Gasteiger charge is 2.31. The number of ether oxygens (including phenoxy) is 1. The predicted octanol–water partition coefficient (Wildman–Crippen LogP) is 4.80. The van der Waals surface area contributed by atoms with E-state index in [1.165, 1.54) is 16.4 Å². The lowest BCUT2D eigenvalue weighted by atomic mass is 9.97. The van der Waals surface area contributed by atoms with Crippen molar-refractivity contribution in [2.75, 3.05) is 18.4 Å². The van der Waals surface area contributed by atoms with Crippen LogP contribution in [0.4, 0.5) is 10.1 Å². The molecule has 4 rings (SSSR count). The Balaban J connectivity index is 1.36. The van der Waals surface area contributed by atoms with Gasteiger partial charge in [-0.15, -0.1) is 0 Å². The van der Waals surface area contributed by atoms with Gasteiger partial charge < -0.3 is 10.1 Å². The summed E-state index contributed by atoms with van der Waals surface area (Å²) in [6, 6.07) is 21.8. The second-order valence-corrected chi connectivity index (χ2v) is 9.93. The molecule has 1 heterocycles. The molecule has 1 aliphatic rings. The summed E-state index contributed by atoms with van der Waals surface area (Å²) in [5.41, 5.74) is 1.22. The normalized spacial score (nSPS) is 15.2. The van der Waals surface area contributed by atoms with Crippen LogP contribution in [0.15, 0.2) is 78.9 Å². The van der Waals surface area contributed by atoms with Gasteiger partial charge in [0.15, 0.2) is 5.75 Å². The summed E-state index contributed by atoms with van der Waals surface area (Å²) in [4.78, 5) is 12.9. The zero-order valence-electron chi connectivity index (χ0n) is 18.0. The van der Waals surface area contributed by atoms with Crippen LogP contribution < -0.4 is 10.1 Å². The van der Waals surface area contributed by atoms with Crippen molar-refractivity contribution in [3.05, 3.63) is 90.2 Å². The van der Waals surface area contributed by atoms with Gasteiger partial charge in [0.2, 0.25) is 15.9 Å². The van der Waals surface area contributed by atoms with Gasteiger partial charge in [-0.2, -0.15) is 0 Å². The standard InChI is InChI=1S/C25H25FN2O4S/c26-21-9-6-10-22(17-21)32-24-12-5-4-11-23(24)27-25(29)20-13-15-28(16-14-20)33(30,31)18-19-7-2-1-3-8-19/h1-12,17,20H,13-16,18H2,(H,27,29). The molecule has 0 bridgehead atoms. The van der Waals surface area contributed by atoms with Crippen LogP contribution in [0.5, 0.6) is 11.5 Å². The quantitative estimate of drug-likeness (QED) is 0.541. The fourth-order valence-electron chi connectivity index (χ4n) is 3.82. The number of halogens is 1. The molecule has 0 radical (unpaired) electrons. The summed E-state index contributed by atoms with van der Waals surface area (Å²) >= 11 is 0.